The number of para-hydroxylation sites is 1. The molecule has 4 amide bonds. The molecular weight excluding hydrogens is 442 g/mol. The molecule has 1 aliphatic heterocycles. The van der Waals surface area contributed by atoms with E-state index in [4.69, 9.17) is 9.47 Å². The molecule has 2 atom stereocenters. The number of nitrogens with zero attached hydrogens (tertiary/aromatic N) is 1. The molecule has 1 aromatic rings. The van der Waals surface area contributed by atoms with Gasteiger partial charge in [0.1, 0.15) is 11.6 Å². The van der Waals surface area contributed by atoms with Gasteiger partial charge in [0.15, 0.2) is 0 Å². The van der Waals surface area contributed by atoms with E-state index in [2.05, 4.69) is 10.6 Å². The third-order valence-corrected chi connectivity index (χ3v) is 5.02. The van der Waals surface area contributed by atoms with Crippen LogP contribution in [-0.2, 0) is 28.7 Å². The van der Waals surface area contributed by atoms with Gasteiger partial charge in [0.05, 0.1) is 13.2 Å². The lowest BCUT2D eigenvalue weighted by atomic mass is 9.98. The molecule has 1 fully saturated rings. The van der Waals surface area contributed by atoms with E-state index >= 15 is 0 Å². The fourth-order valence-corrected chi connectivity index (χ4v) is 3.54. The molecular formula is C24H33N3O7. The summed E-state index contributed by atoms with van der Waals surface area (Å²) in [6.45, 7) is 6.59. The minimum absolute atomic E-state index is 0.0961. The molecule has 0 aliphatic carbocycles. The summed E-state index contributed by atoms with van der Waals surface area (Å²) in [4.78, 5) is 62.7. The van der Waals surface area contributed by atoms with Gasteiger partial charge in [-0.2, -0.15) is 0 Å². The smallest absolute Gasteiger partial charge is 0.417 e. The highest BCUT2D eigenvalue weighted by molar-refractivity contribution is 6.00. The minimum atomic E-state index is -1.05. The van der Waals surface area contributed by atoms with Gasteiger partial charge in [0, 0.05) is 18.0 Å². The van der Waals surface area contributed by atoms with Crippen molar-refractivity contribution in [3.05, 3.63) is 30.3 Å². The number of carbonyl (C=O) groups excluding carboxylic acids is 5. The summed E-state index contributed by atoms with van der Waals surface area (Å²) >= 11 is 0. The molecule has 2 rings (SSSR count). The maximum Gasteiger partial charge on any atom is 0.417 e. The van der Waals surface area contributed by atoms with E-state index in [1.54, 1.807) is 52.0 Å². The topological polar surface area (TPSA) is 131 Å². The molecule has 34 heavy (non-hydrogen) atoms. The van der Waals surface area contributed by atoms with Crippen LogP contribution >= 0.6 is 0 Å². The first-order chi connectivity index (χ1) is 16.0. The number of hydrogen-bond acceptors (Lipinski definition) is 7. The number of nitrogens with one attached hydrogen (secondary N) is 2. The van der Waals surface area contributed by atoms with Crippen molar-refractivity contribution in [2.75, 3.05) is 18.5 Å². The van der Waals surface area contributed by atoms with Crippen molar-refractivity contribution in [3.63, 3.8) is 0 Å². The Morgan fingerprint density at radius 1 is 1.09 bits per heavy atom. The van der Waals surface area contributed by atoms with Crippen LogP contribution in [0.4, 0.5) is 10.5 Å². The molecule has 1 aromatic carbocycles. The van der Waals surface area contributed by atoms with Gasteiger partial charge in [-0.15, -0.1) is 0 Å². The zero-order valence-electron chi connectivity index (χ0n) is 20.1. The Morgan fingerprint density at radius 3 is 2.38 bits per heavy atom. The van der Waals surface area contributed by atoms with Gasteiger partial charge in [-0.1, -0.05) is 18.2 Å². The summed E-state index contributed by atoms with van der Waals surface area (Å²) in [5, 5.41) is 5.21. The van der Waals surface area contributed by atoms with Crippen molar-refractivity contribution in [2.45, 2.75) is 65.0 Å². The van der Waals surface area contributed by atoms with Crippen LogP contribution in [0.2, 0.25) is 0 Å². The molecule has 0 aromatic heterocycles. The summed E-state index contributed by atoms with van der Waals surface area (Å²) in [6, 6.07) is 7.83. The van der Waals surface area contributed by atoms with E-state index in [-0.39, 0.29) is 37.8 Å². The lowest BCUT2D eigenvalue weighted by Crippen LogP contribution is -2.46. The Balaban J connectivity index is 1.85. The van der Waals surface area contributed by atoms with Crippen molar-refractivity contribution < 1.29 is 33.4 Å². The van der Waals surface area contributed by atoms with Crippen molar-refractivity contribution in [1.82, 2.24) is 10.2 Å². The van der Waals surface area contributed by atoms with Crippen LogP contribution in [0.15, 0.2) is 30.3 Å². The molecule has 0 bridgehead atoms. The summed E-state index contributed by atoms with van der Waals surface area (Å²) in [5.41, 5.74) is -0.202. The molecule has 1 aliphatic rings. The molecule has 10 nitrogen and oxygen atoms in total. The number of benzene rings is 1. The Kier molecular flexibility index (Phi) is 9.58. The Bertz CT molecular complexity index is 896. The number of hydrogen-bond donors (Lipinski definition) is 2. The predicted octanol–water partition coefficient (Wildman–Crippen LogP) is 2.63. The third-order valence-electron chi connectivity index (χ3n) is 5.02. The SMILES string of the molecule is CCOC(=O)[C@@H]1C[C@@H](CCCC(=O)NCC(=O)Nc2ccccc2)C(=O)N1C(=O)OC(C)(C)C. The Morgan fingerprint density at radius 2 is 1.76 bits per heavy atom. The number of amides is 4. The monoisotopic (exact) mass is 475 g/mol. The second-order valence-electron chi connectivity index (χ2n) is 8.97. The fourth-order valence-electron chi connectivity index (χ4n) is 3.54. The van der Waals surface area contributed by atoms with E-state index in [1.165, 1.54) is 0 Å². The van der Waals surface area contributed by atoms with Crippen molar-refractivity contribution in [2.24, 2.45) is 5.92 Å². The van der Waals surface area contributed by atoms with Gasteiger partial charge in [0.25, 0.3) is 0 Å². The first-order valence-electron chi connectivity index (χ1n) is 11.4. The summed E-state index contributed by atoms with van der Waals surface area (Å²) in [7, 11) is 0. The van der Waals surface area contributed by atoms with Crippen LogP contribution in [-0.4, -0.2) is 59.5 Å². The van der Waals surface area contributed by atoms with Crippen LogP contribution in [0.5, 0.6) is 0 Å². The Labute approximate surface area is 199 Å². The number of imide groups is 1. The molecule has 0 unspecified atom stereocenters. The number of anilines is 1. The van der Waals surface area contributed by atoms with E-state index in [0.717, 1.165) is 4.90 Å². The van der Waals surface area contributed by atoms with E-state index < -0.39 is 35.5 Å². The van der Waals surface area contributed by atoms with E-state index in [9.17, 15) is 24.0 Å². The first-order valence-corrected chi connectivity index (χ1v) is 11.4. The number of rotatable bonds is 9. The summed E-state index contributed by atoms with van der Waals surface area (Å²) < 4.78 is 10.3. The molecule has 0 radical (unpaired) electrons. The number of ether oxygens (including phenoxy) is 2. The highest BCUT2D eigenvalue weighted by Gasteiger charge is 2.48. The van der Waals surface area contributed by atoms with Gasteiger partial charge in [0.2, 0.25) is 17.7 Å². The first kappa shape index (κ1) is 26.8. The molecule has 2 N–H and O–H groups in total. The maximum atomic E-state index is 12.9. The number of carbonyl (C=O) groups is 5. The van der Waals surface area contributed by atoms with Crippen molar-refractivity contribution in [3.8, 4) is 0 Å². The van der Waals surface area contributed by atoms with Crippen LogP contribution < -0.4 is 10.6 Å². The van der Waals surface area contributed by atoms with Crippen LogP contribution in [0.3, 0.4) is 0 Å². The lowest BCUT2D eigenvalue weighted by Gasteiger charge is -2.26. The van der Waals surface area contributed by atoms with Crippen LogP contribution in [0.1, 0.15) is 53.4 Å². The van der Waals surface area contributed by atoms with Crippen molar-refractivity contribution in [1.29, 1.82) is 0 Å². The largest absolute Gasteiger partial charge is 0.464 e. The standard InChI is InChI=1S/C24H33N3O7/c1-5-33-22(31)18-14-16(21(30)27(18)23(32)34-24(2,3)4)10-9-13-19(28)25-15-20(29)26-17-11-7-6-8-12-17/h6-8,11-12,16,18H,5,9-10,13-15H2,1-4H3,(H,25,28)(H,26,29)/t16-,18+/m1/s1. The maximum absolute atomic E-state index is 12.9. The zero-order chi connectivity index (χ0) is 25.3. The van der Waals surface area contributed by atoms with E-state index in [0.29, 0.717) is 18.5 Å². The average molecular weight is 476 g/mol. The normalized spacial score (nSPS) is 17.8. The van der Waals surface area contributed by atoms with Gasteiger partial charge in [-0.05, 0) is 59.1 Å². The number of esters is 1. The average Bonchev–Trinajstić information content (AvgIpc) is 3.08. The second-order valence-corrected chi connectivity index (χ2v) is 8.97. The fraction of sp³-hybridized carbons (Fsp3) is 0.542. The molecule has 1 heterocycles. The zero-order valence-corrected chi connectivity index (χ0v) is 20.1. The van der Waals surface area contributed by atoms with Gasteiger partial charge in [-0.25, -0.2) is 14.5 Å². The molecule has 10 heteroatoms. The molecule has 0 spiro atoms. The van der Waals surface area contributed by atoms with Gasteiger partial charge in [-0.3, -0.25) is 14.4 Å². The van der Waals surface area contributed by atoms with Crippen molar-refractivity contribution >= 4 is 35.5 Å². The van der Waals surface area contributed by atoms with Crippen LogP contribution in [0, 0.1) is 5.92 Å². The summed E-state index contributed by atoms with van der Waals surface area (Å²) in [6.07, 6.45) is -0.0327. The Hall–Kier alpha value is -3.43. The number of likely N-dealkylation sites (tertiary alicyclic amines) is 1. The molecule has 186 valence electrons. The van der Waals surface area contributed by atoms with Gasteiger partial charge >= 0.3 is 12.1 Å². The molecule has 1 saturated heterocycles. The minimum Gasteiger partial charge on any atom is -0.464 e. The highest BCUT2D eigenvalue weighted by atomic mass is 16.6. The van der Waals surface area contributed by atoms with Gasteiger partial charge < -0.3 is 20.1 Å². The summed E-state index contributed by atoms with van der Waals surface area (Å²) in [5.74, 6) is -2.48. The highest BCUT2D eigenvalue weighted by Crippen LogP contribution is 2.31. The predicted molar refractivity (Wildman–Crippen MR) is 124 cm³/mol. The lowest BCUT2D eigenvalue weighted by molar-refractivity contribution is -0.151. The molecule has 0 saturated carbocycles. The third kappa shape index (κ3) is 8.17. The van der Waals surface area contributed by atoms with Crippen LogP contribution in [0.25, 0.3) is 0 Å². The van der Waals surface area contributed by atoms with E-state index in [1.807, 2.05) is 6.07 Å². The quantitative estimate of drug-likeness (QED) is 0.525. The second kappa shape index (κ2) is 12.2.